The van der Waals surface area contributed by atoms with E-state index in [-0.39, 0.29) is 5.91 Å². The molecule has 1 amide bonds. The Bertz CT molecular complexity index is 1060. The van der Waals surface area contributed by atoms with Crippen LogP contribution in [0.4, 0.5) is 0 Å². The summed E-state index contributed by atoms with van der Waals surface area (Å²) in [5.74, 6) is -0.159. The van der Waals surface area contributed by atoms with Gasteiger partial charge in [-0.05, 0) is 29.1 Å². The van der Waals surface area contributed by atoms with Gasteiger partial charge in [-0.25, -0.2) is 0 Å². The molecule has 0 fully saturated rings. The van der Waals surface area contributed by atoms with Crippen LogP contribution in [0.25, 0.3) is 21.8 Å². The molecule has 6 heteroatoms. The van der Waals surface area contributed by atoms with E-state index < -0.39 is 0 Å². The highest BCUT2D eigenvalue weighted by atomic mass is 32.1. The van der Waals surface area contributed by atoms with E-state index in [0.717, 1.165) is 27.4 Å². The summed E-state index contributed by atoms with van der Waals surface area (Å²) in [5, 5.41) is 9.47. The Kier molecular flexibility index (Phi) is 4.80. The van der Waals surface area contributed by atoms with Crippen molar-refractivity contribution >= 4 is 17.2 Å². The third-order valence-corrected chi connectivity index (χ3v) is 5.14. The first kappa shape index (κ1) is 17.2. The van der Waals surface area contributed by atoms with E-state index in [9.17, 15) is 4.79 Å². The monoisotopic (exact) mass is 374 g/mol. The molecule has 0 radical (unpaired) electrons. The lowest BCUT2D eigenvalue weighted by atomic mass is 10.1. The molecule has 0 saturated heterocycles. The molecular formula is C21H18N4OS. The molecule has 0 atom stereocenters. The van der Waals surface area contributed by atoms with Crippen LogP contribution in [0.2, 0.25) is 0 Å². The second kappa shape index (κ2) is 7.55. The van der Waals surface area contributed by atoms with E-state index >= 15 is 0 Å². The van der Waals surface area contributed by atoms with Gasteiger partial charge in [0.2, 0.25) is 0 Å². The molecule has 4 rings (SSSR count). The fraction of sp³-hybridized carbons (Fsp3) is 0.0952. The third-order valence-electron chi connectivity index (χ3n) is 4.27. The Morgan fingerprint density at radius 1 is 1.11 bits per heavy atom. The smallest absolute Gasteiger partial charge is 0.269 e. The zero-order chi connectivity index (χ0) is 18.6. The second-order valence-electron chi connectivity index (χ2n) is 6.08. The average Bonchev–Trinajstić information content (AvgIpc) is 3.37. The summed E-state index contributed by atoms with van der Waals surface area (Å²) in [5.41, 5.74) is 4.18. The number of nitrogens with zero attached hydrogens (tertiary/aromatic N) is 3. The van der Waals surface area contributed by atoms with E-state index in [2.05, 4.69) is 15.4 Å². The summed E-state index contributed by atoms with van der Waals surface area (Å²) < 4.78 is 1.61. The van der Waals surface area contributed by atoms with Crippen LogP contribution in [-0.4, -0.2) is 20.7 Å². The Hall–Kier alpha value is -3.25. The van der Waals surface area contributed by atoms with Gasteiger partial charge in [0.1, 0.15) is 5.69 Å². The molecule has 0 aliphatic heterocycles. The molecule has 3 aromatic heterocycles. The number of aromatic nitrogens is 3. The fourth-order valence-electron chi connectivity index (χ4n) is 2.91. The van der Waals surface area contributed by atoms with Crippen molar-refractivity contribution in [1.82, 2.24) is 20.1 Å². The standard InChI is InChI=1S/C21H18N4OS/c1-25-18(13-17(24-25)15-7-3-2-4-8-15)21(26)23-14-16-9-5-11-22-20(16)19-10-6-12-27-19/h2-13H,14H2,1H3,(H,23,26). The second-order valence-corrected chi connectivity index (χ2v) is 7.02. The van der Waals surface area contributed by atoms with Crippen LogP contribution in [0.15, 0.2) is 72.2 Å². The fourth-order valence-corrected chi connectivity index (χ4v) is 3.67. The third kappa shape index (κ3) is 3.66. The van der Waals surface area contributed by atoms with Gasteiger partial charge in [0, 0.05) is 25.4 Å². The summed E-state index contributed by atoms with van der Waals surface area (Å²) >= 11 is 1.63. The molecule has 134 valence electrons. The van der Waals surface area contributed by atoms with Crippen molar-refractivity contribution in [3.63, 3.8) is 0 Å². The van der Waals surface area contributed by atoms with Gasteiger partial charge in [-0.1, -0.05) is 42.5 Å². The molecule has 0 bridgehead atoms. The SMILES string of the molecule is Cn1nc(-c2ccccc2)cc1C(=O)NCc1cccnc1-c1cccs1. The van der Waals surface area contributed by atoms with Gasteiger partial charge in [0.05, 0.1) is 16.3 Å². The Morgan fingerprint density at radius 3 is 2.74 bits per heavy atom. The van der Waals surface area contributed by atoms with Gasteiger partial charge in [-0.3, -0.25) is 14.5 Å². The largest absolute Gasteiger partial charge is 0.347 e. The maximum Gasteiger partial charge on any atom is 0.269 e. The molecule has 0 unspecified atom stereocenters. The van der Waals surface area contributed by atoms with Crippen molar-refractivity contribution in [2.75, 3.05) is 0 Å². The van der Waals surface area contributed by atoms with Crippen LogP contribution >= 0.6 is 11.3 Å². The molecule has 0 spiro atoms. The number of rotatable bonds is 5. The zero-order valence-electron chi connectivity index (χ0n) is 14.8. The molecule has 0 aliphatic carbocycles. The first-order chi connectivity index (χ1) is 13.2. The maximum absolute atomic E-state index is 12.7. The number of aryl methyl sites for hydroxylation is 1. The minimum absolute atomic E-state index is 0.159. The minimum Gasteiger partial charge on any atom is -0.347 e. The minimum atomic E-state index is -0.159. The highest BCUT2D eigenvalue weighted by Gasteiger charge is 2.15. The number of pyridine rings is 1. The lowest BCUT2D eigenvalue weighted by Gasteiger charge is -2.08. The highest BCUT2D eigenvalue weighted by Crippen LogP contribution is 2.26. The van der Waals surface area contributed by atoms with Gasteiger partial charge in [-0.2, -0.15) is 5.10 Å². The summed E-state index contributed by atoms with van der Waals surface area (Å²) in [6, 6.07) is 19.5. The summed E-state index contributed by atoms with van der Waals surface area (Å²) in [6.45, 7) is 0.408. The van der Waals surface area contributed by atoms with Crippen LogP contribution in [0.1, 0.15) is 16.1 Å². The summed E-state index contributed by atoms with van der Waals surface area (Å²) in [4.78, 5) is 18.3. The van der Waals surface area contributed by atoms with E-state index in [4.69, 9.17) is 0 Å². The van der Waals surface area contributed by atoms with Gasteiger partial charge < -0.3 is 5.32 Å². The maximum atomic E-state index is 12.7. The number of nitrogens with one attached hydrogen (secondary N) is 1. The van der Waals surface area contributed by atoms with Crippen LogP contribution in [-0.2, 0) is 13.6 Å². The molecule has 3 heterocycles. The molecule has 4 aromatic rings. The van der Waals surface area contributed by atoms with E-state index in [0.29, 0.717) is 12.2 Å². The normalized spacial score (nSPS) is 10.7. The average molecular weight is 374 g/mol. The lowest BCUT2D eigenvalue weighted by Crippen LogP contribution is -2.25. The number of thiophene rings is 1. The van der Waals surface area contributed by atoms with Crippen molar-refractivity contribution in [3.05, 3.63) is 83.5 Å². The van der Waals surface area contributed by atoms with E-state index in [1.54, 1.807) is 29.3 Å². The number of carbonyl (C=O) groups excluding carboxylic acids is 1. The van der Waals surface area contributed by atoms with Crippen LogP contribution in [0.5, 0.6) is 0 Å². The molecular weight excluding hydrogens is 356 g/mol. The van der Waals surface area contributed by atoms with Crippen molar-refractivity contribution in [2.45, 2.75) is 6.54 Å². The zero-order valence-corrected chi connectivity index (χ0v) is 15.6. The quantitative estimate of drug-likeness (QED) is 0.571. The van der Waals surface area contributed by atoms with Crippen LogP contribution < -0.4 is 5.32 Å². The summed E-state index contributed by atoms with van der Waals surface area (Å²) in [7, 11) is 1.78. The number of hydrogen-bond acceptors (Lipinski definition) is 4. The molecule has 1 N–H and O–H groups in total. The number of carbonyl (C=O) groups is 1. The highest BCUT2D eigenvalue weighted by molar-refractivity contribution is 7.13. The van der Waals surface area contributed by atoms with Gasteiger partial charge in [0.25, 0.3) is 5.91 Å². The predicted octanol–water partition coefficient (Wildman–Crippen LogP) is 4.14. The Labute approximate surface area is 161 Å². The Morgan fingerprint density at radius 2 is 1.96 bits per heavy atom. The topological polar surface area (TPSA) is 59.8 Å². The molecule has 0 saturated carbocycles. The Balaban J connectivity index is 1.52. The van der Waals surface area contributed by atoms with Gasteiger partial charge in [-0.15, -0.1) is 11.3 Å². The number of amides is 1. The lowest BCUT2D eigenvalue weighted by molar-refractivity contribution is 0.0941. The van der Waals surface area contributed by atoms with E-state index in [1.165, 1.54) is 0 Å². The van der Waals surface area contributed by atoms with Gasteiger partial charge >= 0.3 is 0 Å². The molecule has 0 aliphatic rings. The molecule has 27 heavy (non-hydrogen) atoms. The molecule has 1 aromatic carbocycles. The molecule has 5 nitrogen and oxygen atoms in total. The van der Waals surface area contributed by atoms with Crippen molar-refractivity contribution < 1.29 is 4.79 Å². The number of benzene rings is 1. The van der Waals surface area contributed by atoms with Gasteiger partial charge in [0.15, 0.2) is 0 Å². The summed E-state index contributed by atoms with van der Waals surface area (Å²) in [6.07, 6.45) is 1.77. The number of hydrogen-bond donors (Lipinski definition) is 1. The first-order valence-electron chi connectivity index (χ1n) is 8.58. The van der Waals surface area contributed by atoms with Crippen LogP contribution in [0.3, 0.4) is 0 Å². The van der Waals surface area contributed by atoms with Crippen molar-refractivity contribution in [1.29, 1.82) is 0 Å². The van der Waals surface area contributed by atoms with Crippen molar-refractivity contribution in [3.8, 4) is 21.8 Å². The predicted molar refractivity (Wildman–Crippen MR) is 107 cm³/mol. The van der Waals surface area contributed by atoms with E-state index in [1.807, 2.05) is 66.0 Å². The van der Waals surface area contributed by atoms with Crippen molar-refractivity contribution in [2.24, 2.45) is 7.05 Å². The first-order valence-corrected chi connectivity index (χ1v) is 9.46. The van der Waals surface area contributed by atoms with Crippen LogP contribution in [0, 0.1) is 0 Å².